The summed E-state index contributed by atoms with van der Waals surface area (Å²) in [6.45, 7) is 3.05. The van der Waals surface area contributed by atoms with Crippen molar-refractivity contribution in [2.75, 3.05) is 6.54 Å². The Hall–Kier alpha value is -1.61. The van der Waals surface area contributed by atoms with E-state index in [1.807, 2.05) is 0 Å². The number of rotatable bonds is 5. The largest absolute Gasteiger partial charge is 0.356 e. The van der Waals surface area contributed by atoms with Gasteiger partial charge in [-0.15, -0.1) is 0 Å². The molecule has 0 spiro atoms. The van der Waals surface area contributed by atoms with Crippen LogP contribution in [0.3, 0.4) is 0 Å². The zero-order chi connectivity index (χ0) is 14.7. The third kappa shape index (κ3) is 3.73. The SMILES string of the molecule is CC/C(=C\c1ccccc1)[C@H]1C[C@@H]1N[C@H]1CCNC(=O)C1. The van der Waals surface area contributed by atoms with Gasteiger partial charge in [-0.3, -0.25) is 4.79 Å². The number of nitrogens with one attached hydrogen (secondary N) is 2. The maximum Gasteiger partial charge on any atom is 0.221 e. The molecule has 1 aromatic carbocycles. The van der Waals surface area contributed by atoms with Gasteiger partial charge in [0.25, 0.3) is 0 Å². The van der Waals surface area contributed by atoms with Crippen molar-refractivity contribution in [2.45, 2.75) is 44.7 Å². The van der Waals surface area contributed by atoms with Crippen LogP contribution in [0.2, 0.25) is 0 Å². The molecule has 1 heterocycles. The van der Waals surface area contributed by atoms with Gasteiger partial charge in [-0.25, -0.2) is 0 Å². The molecule has 0 bridgehead atoms. The van der Waals surface area contributed by atoms with Crippen molar-refractivity contribution >= 4 is 12.0 Å². The Morgan fingerprint density at radius 1 is 1.38 bits per heavy atom. The highest BCUT2D eigenvalue weighted by Gasteiger charge is 2.40. The Balaban J connectivity index is 1.58. The Bertz CT molecular complexity index is 523. The molecular formula is C18H24N2O. The first-order chi connectivity index (χ1) is 10.3. The van der Waals surface area contributed by atoms with Crippen molar-refractivity contribution < 1.29 is 4.79 Å². The van der Waals surface area contributed by atoms with Crippen molar-refractivity contribution in [1.82, 2.24) is 10.6 Å². The normalized spacial score (nSPS) is 29.1. The summed E-state index contributed by atoms with van der Waals surface area (Å²) in [6.07, 6.45) is 6.33. The Morgan fingerprint density at radius 2 is 2.19 bits per heavy atom. The smallest absolute Gasteiger partial charge is 0.221 e. The molecule has 2 aliphatic rings. The molecule has 0 unspecified atom stereocenters. The van der Waals surface area contributed by atoms with Gasteiger partial charge in [0, 0.05) is 25.0 Å². The topological polar surface area (TPSA) is 41.1 Å². The molecule has 21 heavy (non-hydrogen) atoms. The highest BCUT2D eigenvalue weighted by atomic mass is 16.1. The lowest BCUT2D eigenvalue weighted by Gasteiger charge is -2.23. The maximum atomic E-state index is 11.4. The van der Waals surface area contributed by atoms with Gasteiger partial charge in [-0.2, -0.15) is 0 Å². The Labute approximate surface area is 126 Å². The molecule has 1 saturated heterocycles. The molecule has 2 N–H and O–H groups in total. The summed E-state index contributed by atoms with van der Waals surface area (Å²) in [5.41, 5.74) is 2.82. The van der Waals surface area contributed by atoms with E-state index >= 15 is 0 Å². The van der Waals surface area contributed by atoms with E-state index in [0.29, 0.717) is 24.4 Å². The van der Waals surface area contributed by atoms with Gasteiger partial charge in [-0.1, -0.05) is 48.9 Å². The number of hydrogen-bond acceptors (Lipinski definition) is 2. The number of benzene rings is 1. The molecule has 1 aliphatic heterocycles. The summed E-state index contributed by atoms with van der Waals surface area (Å²) in [5.74, 6) is 0.840. The summed E-state index contributed by atoms with van der Waals surface area (Å²) < 4.78 is 0. The number of amides is 1. The molecule has 0 radical (unpaired) electrons. The van der Waals surface area contributed by atoms with E-state index in [-0.39, 0.29) is 5.91 Å². The molecule has 3 rings (SSSR count). The molecule has 1 amide bonds. The van der Waals surface area contributed by atoms with Crippen LogP contribution in [0.15, 0.2) is 35.9 Å². The number of carbonyl (C=O) groups excluding carboxylic acids is 1. The van der Waals surface area contributed by atoms with E-state index in [0.717, 1.165) is 19.4 Å². The summed E-state index contributed by atoms with van der Waals surface area (Å²) in [7, 11) is 0. The molecule has 0 aromatic heterocycles. The lowest BCUT2D eigenvalue weighted by atomic mass is 10.0. The van der Waals surface area contributed by atoms with Crippen LogP contribution >= 0.6 is 0 Å². The quantitative estimate of drug-likeness (QED) is 0.873. The minimum atomic E-state index is 0.187. The van der Waals surface area contributed by atoms with Gasteiger partial charge < -0.3 is 10.6 Å². The second-order valence-electron chi connectivity index (χ2n) is 6.14. The van der Waals surface area contributed by atoms with E-state index in [2.05, 4.69) is 54.0 Å². The molecule has 112 valence electrons. The fourth-order valence-corrected chi connectivity index (χ4v) is 3.25. The molecule has 3 nitrogen and oxygen atoms in total. The third-order valence-corrected chi connectivity index (χ3v) is 4.52. The van der Waals surface area contributed by atoms with E-state index in [4.69, 9.17) is 0 Å². The lowest BCUT2D eigenvalue weighted by molar-refractivity contribution is -0.122. The van der Waals surface area contributed by atoms with E-state index in [9.17, 15) is 4.79 Å². The molecule has 3 heteroatoms. The average Bonchev–Trinajstić information content (AvgIpc) is 3.25. The van der Waals surface area contributed by atoms with Gasteiger partial charge in [-0.05, 0) is 30.7 Å². The van der Waals surface area contributed by atoms with Crippen molar-refractivity contribution in [2.24, 2.45) is 5.92 Å². The molecule has 1 saturated carbocycles. The third-order valence-electron chi connectivity index (χ3n) is 4.52. The van der Waals surface area contributed by atoms with Crippen LogP contribution in [0, 0.1) is 5.92 Å². The Kier molecular flexibility index (Phi) is 4.39. The molecule has 1 aromatic rings. The zero-order valence-corrected chi connectivity index (χ0v) is 12.6. The molecule has 2 fully saturated rings. The predicted octanol–water partition coefficient (Wildman–Crippen LogP) is 2.74. The van der Waals surface area contributed by atoms with Crippen LogP contribution in [0.1, 0.15) is 38.2 Å². The first-order valence-electron chi connectivity index (χ1n) is 8.04. The van der Waals surface area contributed by atoms with Crippen molar-refractivity contribution in [3.63, 3.8) is 0 Å². The van der Waals surface area contributed by atoms with Crippen LogP contribution in [0.25, 0.3) is 6.08 Å². The van der Waals surface area contributed by atoms with Gasteiger partial charge in [0.05, 0.1) is 0 Å². The van der Waals surface area contributed by atoms with Gasteiger partial charge >= 0.3 is 0 Å². The van der Waals surface area contributed by atoms with Gasteiger partial charge in [0.2, 0.25) is 5.91 Å². The minimum Gasteiger partial charge on any atom is -0.356 e. The molecule has 3 atom stereocenters. The van der Waals surface area contributed by atoms with Crippen LogP contribution in [-0.2, 0) is 4.79 Å². The number of hydrogen-bond donors (Lipinski definition) is 2. The van der Waals surface area contributed by atoms with Crippen molar-refractivity contribution in [1.29, 1.82) is 0 Å². The predicted molar refractivity (Wildman–Crippen MR) is 85.8 cm³/mol. The fourth-order valence-electron chi connectivity index (χ4n) is 3.25. The lowest BCUT2D eigenvalue weighted by Crippen LogP contribution is -2.44. The summed E-state index contributed by atoms with van der Waals surface area (Å²) >= 11 is 0. The van der Waals surface area contributed by atoms with E-state index in [1.165, 1.54) is 17.6 Å². The van der Waals surface area contributed by atoms with E-state index < -0.39 is 0 Å². The molecule has 1 aliphatic carbocycles. The average molecular weight is 284 g/mol. The van der Waals surface area contributed by atoms with Crippen LogP contribution in [-0.4, -0.2) is 24.5 Å². The number of piperidine rings is 1. The number of carbonyl (C=O) groups is 1. The standard InChI is InChI=1S/C18H24N2O/c1-2-14(10-13-6-4-3-5-7-13)16-12-17(16)20-15-8-9-19-18(21)11-15/h3-7,10,15-17,20H,2,8-9,11-12H2,1H3,(H,19,21)/b14-10+/t15-,16+,17-/m0/s1. The fraction of sp³-hybridized carbons (Fsp3) is 0.500. The maximum absolute atomic E-state index is 11.4. The molecular weight excluding hydrogens is 260 g/mol. The summed E-state index contributed by atoms with van der Waals surface area (Å²) in [4.78, 5) is 11.4. The monoisotopic (exact) mass is 284 g/mol. The zero-order valence-electron chi connectivity index (χ0n) is 12.6. The second kappa shape index (κ2) is 6.44. The van der Waals surface area contributed by atoms with Crippen LogP contribution in [0.4, 0.5) is 0 Å². The van der Waals surface area contributed by atoms with E-state index in [1.54, 1.807) is 0 Å². The van der Waals surface area contributed by atoms with Crippen molar-refractivity contribution in [3.8, 4) is 0 Å². The van der Waals surface area contributed by atoms with Crippen LogP contribution < -0.4 is 10.6 Å². The van der Waals surface area contributed by atoms with Gasteiger partial charge in [0.15, 0.2) is 0 Å². The first kappa shape index (κ1) is 14.3. The van der Waals surface area contributed by atoms with Crippen molar-refractivity contribution in [3.05, 3.63) is 41.5 Å². The van der Waals surface area contributed by atoms with Crippen LogP contribution in [0.5, 0.6) is 0 Å². The Morgan fingerprint density at radius 3 is 2.90 bits per heavy atom. The summed E-state index contributed by atoms with van der Waals surface area (Å²) in [6, 6.07) is 11.5. The second-order valence-corrected chi connectivity index (χ2v) is 6.14. The highest BCUT2D eigenvalue weighted by Crippen LogP contribution is 2.40. The first-order valence-corrected chi connectivity index (χ1v) is 8.04. The van der Waals surface area contributed by atoms with Gasteiger partial charge in [0.1, 0.15) is 0 Å². The highest BCUT2D eigenvalue weighted by molar-refractivity contribution is 5.77. The summed E-state index contributed by atoms with van der Waals surface area (Å²) in [5, 5.41) is 6.57. The minimum absolute atomic E-state index is 0.187.